The molecule has 2 aromatic rings. The van der Waals surface area contributed by atoms with Crippen molar-refractivity contribution in [1.29, 1.82) is 0 Å². The summed E-state index contributed by atoms with van der Waals surface area (Å²) in [7, 11) is 1.41. The van der Waals surface area contributed by atoms with Crippen molar-refractivity contribution in [3.05, 3.63) is 41.6 Å². The zero-order valence-electron chi connectivity index (χ0n) is 11.0. The van der Waals surface area contributed by atoms with E-state index in [-0.39, 0.29) is 5.97 Å². The predicted octanol–water partition coefficient (Wildman–Crippen LogP) is 1.98. The molecular formula is C15H15NO3. The van der Waals surface area contributed by atoms with Crippen molar-refractivity contribution in [1.82, 2.24) is 4.98 Å². The molecule has 98 valence electrons. The quantitative estimate of drug-likeness (QED) is 0.772. The second-order valence-electron chi connectivity index (χ2n) is 4.99. The minimum Gasteiger partial charge on any atom is -0.468 e. The van der Waals surface area contributed by atoms with Gasteiger partial charge in [0.15, 0.2) is 0 Å². The molecule has 1 aliphatic rings. The lowest BCUT2D eigenvalue weighted by Crippen LogP contribution is -2.53. The summed E-state index contributed by atoms with van der Waals surface area (Å²) in [4.78, 5) is 16.4. The molecule has 0 radical (unpaired) electrons. The first-order valence-electron chi connectivity index (χ1n) is 6.19. The first-order valence-corrected chi connectivity index (χ1v) is 6.19. The number of rotatable bonds is 2. The van der Waals surface area contributed by atoms with Crippen LogP contribution < -0.4 is 0 Å². The summed E-state index contributed by atoms with van der Waals surface area (Å²) in [5.41, 5.74) is 2.31. The summed E-state index contributed by atoms with van der Waals surface area (Å²) < 4.78 is 10.1. The molecule has 0 unspecified atom stereocenters. The molecule has 3 rings (SSSR count). The van der Waals surface area contributed by atoms with E-state index < -0.39 is 5.41 Å². The van der Waals surface area contributed by atoms with Crippen molar-refractivity contribution in [2.45, 2.75) is 12.3 Å². The Morgan fingerprint density at radius 3 is 2.79 bits per heavy atom. The molecule has 0 aliphatic carbocycles. The van der Waals surface area contributed by atoms with E-state index in [2.05, 4.69) is 11.1 Å². The van der Waals surface area contributed by atoms with Gasteiger partial charge in [0.2, 0.25) is 0 Å². The van der Waals surface area contributed by atoms with E-state index in [0.717, 1.165) is 22.0 Å². The molecule has 1 fully saturated rings. The molecule has 1 aromatic heterocycles. The number of pyridine rings is 1. The molecule has 0 saturated carbocycles. The van der Waals surface area contributed by atoms with Crippen LogP contribution in [0, 0.1) is 6.92 Å². The highest BCUT2D eigenvalue weighted by molar-refractivity contribution is 5.87. The summed E-state index contributed by atoms with van der Waals surface area (Å²) >= 11 is 0. The fourth-order valence-electron chi connectivity index (χ4n) is 2.44. The van der Waals surface area contributed by atoms with Gasteiger partial charge in [-0.2, -0.15) is 0 Å². The first kappa shape index (κ1) is 12.1. The normalized spacial score (nSPS) is 16.9. The number of carbonyl (C=O) groups is 1. The fraction of sp³-hybridized carbons (Fsp3) is 0.333. The smallest absolute Gasteiger partial charge is 0.321 e. The van der Waals surface area contributed by atoms with Gasteiger partial charge in [0, 0.05) is 11.6 Å². The van der Waals surface area contributed by atoms with Crippen LogP contribution in [0.25, 0.3) is 10.9 Å². The average molecular weight is 257 g/mol. The van der Waals surface area contributed by atoms with Crippen molar-refractivity contribution in [3.63, 3.8) is 0 Å². The molecule has 19 heavy (non-hydrogen) atoms. The number of hydrogen-bond acceptors (Lipinski definition) is 4. The Morgan fingerprint density at radius 1 is 1.37 bits per heavy atom. The van der Waals surface area contributed by atoms with Gasteiger partial charge in [-0.05, 0) is 36.2 Å². The summed E-state index contributed by atoms with van der Waals surface area (Å²) in [6.07, 6.45) is 1.84. The lowest BCUT2D eigenvalue weighted by atomic mass is 9.78. The minimum atomic E-state index is -0.646. The van der Waals surface area contributed by atoms with Crippen LogP contribution in [0.5, 0.6) is 0 Å². The third kappa shape index (κ3) is 1.79. The van der Waals surface area contributed by atoms with E-state index in [1.807, 2.05) is 31.3 Å². The summed E-state index contributed by atoms with van der Waals surface area (Å²) in [6, 6.07) is 7.95. The summed E-state index contributed by atoms with van der Waals surface area (Å²) in [5, 5.41) is 1.03. The number of ether oxygens (including phenoxy) is 2. The number of methoxy groups -OCH3 is 1. The standard InChI is InChI=1S/C15H15NO3/c1-10-5-11-6-12(3-4-13(11)16-7-10)15(8-19-9-15)14(17)18-2/h3-7H,8-9H2,1-2H3. The summed E-state index contributed by atoms with van der Waals surface area (Å²) in [5.74, 6) is -0.237. The van der Waals surface area contributed by atoms with Crippen LogP contribution in [0.3, 0.4) is 0 Å². The highest BCUT2D eigenvalue weighted by Crippen LogP contribution is 2.35. The third-order valence-corrected chi connectivity index (χ3v) is 3.64. The van der Waals surface area contributed by atoms with Crippen LogP contribution in [0.2, 0.25) is 0 Å². The van der Waals surface area contributed by atoms with E-state index in [1.165, 1.54) is 7.11 Å². The Labute approximate surface area is 111 Å². The van der Waals surface area contributed by atoms with Crippen molar-refractivity contribution >= 4 is 16.9 Å². The maximum absolute atomic E-state index is 12.0. The van der Waals surface area contributed by atoms with Gasteiger partial charge in [0.25, 0.3) is 0 Å². The van der Waals surface area contributed by atoms with Crippen molar-refractivity contribution < 1.29 is 14.3 Å². The lowest BCUT2D eigenvalue weighted by Gasteiger charge is -2.38. The number of fused-ring (bicyclic) bond motifs is 1. The Hall–Kier alpha value is -1.94. The molecular weight excluding hydrogens is 242 g/mol. The SMILES string of the molecule is COC(=O)C1(c2ccc3ncc(C)cc3c2)COC1. The maximum Gasteiger partial charge on any atom is 0.321 e. The van der Waals surface area contributed by atoms with Crippen LogP contribution in [-0.2, 0) is 19.7 Å². The molecule has 4 nitrogen and oxygen atoms in total. The highest BCUT2D eigenvalue weighted by atomic mass is 16.5. The average Bonchev–Trinajstić information content (AvgIpc) is 2.36. The number of nitrogens with zero attached hydrogens (tertiary/aromatic N) is 1. The van der Waals surface area contributed by atoms with E-state index in [9.17, 15) is 4.79 Å². The number of esters is 1. The molecule has 0 spiro atoms. The minimum absolute atomic E-state index is 0.237. The van der Waals surface area contributed by atoms with Gasteiger partial charge in [-0.25, -0.2) is 0 Å². The molecule has 0 amide bonds. The molecule has 4 heteroatoms. The Bertz CT molecular complexity index is 647. The predicted molar refractivity (Wildman–Crippen MR) is 71.0 cm³/mol. The van der Waals surface area contributed by atoms with Crippen molar-refractivity contribution in [2.75, 3.05) is 20.3 Å². The molecule has 1 aliphatic heterocycles. The zero-order chi connectivity index (χ0) is 13.5. The third-order valence-electron chi connectivity index (χ3n) is 3.64. The van der Waals surface area contributed by atoms with Crippen LogP contribution in [0.4, 0.5) is 0 Å². The molecule has 2 heterocycles. The zero-order valence-corrected chi connectivity index (χ0v) is 11.0. The van der Waals surface area contributed by atoms with Gasteiger partial charge in [-0.15, -0.1) is 0 Å². The van der Waals surface area contributed by atoms with Gasteiger partial charge in [0.1, 0.15) is 5.41 Å². The number of benzene rings is 1. The molecule has 0 N–H and O–H groups in total. The van der Waals surface area contributed by atoms with Gasteiger partial charge >= 0.3 is 5.97 Å². The Balaban J connectivity index is 2.12. The van der Waals surface area contributed by atoms with Gasteiger partial charge < -0.3 is 9.47 Å². The summed E-state index contributed by atoms with van der Waals surface area (Å²) in [6.45, 7) is 2.76. The van der Waals surface area contributed by atoms with E-state index in [4.69, 9.17) is 9.47 Å². The maximum atomic E-state index is 12.0. The van der Waals surface area contributed by atoms with Gasteiger partial charge in [-0.1, -0.05) is 6.07 Å². The van der Waals surface area contributed by atoms with Gasteiger partial charge in [0.05, 0.1) is 25.8 Å². The fourth-order valence-corrected chi connectivity index (χ4v) is 2.44. The number of hydrogen-bond donors (Lipinski definition) is 0. The van der Waals surface area contributed by atoms with E-state index in [1.54, 1.807) is 0 Å². The van der Waals surface area contributed by atoms with Gasteiger partial charge in [-0.3, -0.25) is 9.78 Å². The van der Waals surface area contributed by atoms with Crippen LogP contribution >= 0.6 is 0 Å². The van der Waals surface area contributed by atoms with Crippen molar-refractivity contribution in [3.8, 4) is 0 Å². The van der Waals surface area contributed by atoms with Crippen LogP contribution in [0.1, 0.15) is 11.1 Å². The largest absolute Gasteiger partial charge is 0.468 e. The molecule has 1 saturated heterocycles. The molecule has 0 bridgehead atoms. The van der Waals surface area contributed by atoms with E-state index in [0.29, 0.717) is 13.2 Å². The Kier molecular flexibility index (Phi) is 2.75. The second-order valence-corrected chi connectivity index (χ2v) is 4.99. The molecule has 0 atom stereocenters. The molecule has 1 aromatic carbocycles. The van der Waals surface area contributed by atoms with Crippen molar-refractivity contribution in [2.24, 2.45) is 0 Å². The highest BCUT2D eigenvalue weighted by Gasteiger charge is 2.48. The number of aromatic nitrogens is 1. The second kappa shape index (κ2) is 4.31. The number of aryl methyl sites for hydroxylation is 1. The number of carbonyl (C=O) groups excluding carboxylic acids is 1. The van der Waals surface area contributed by atoms with Crippen LogP contribution in [-0.4, -0.2) is 31.3 Å². The first-order chi connectivity index (χ1) is 9.15. The Morgan fingerprint density at radius 2 is 2.16 bits per heavy atom. The lowest BCUT2D eigenvalue weighted by molar-refractivity contribution is -0.166. The topological polar surface area (TPSA) is 48.4 Å². The van der Waals surface area contributed by atoms with Crippen LogP contribution in [0.15, 0.2) is 30.5 Å². The van der Waals surface area contributed by atoms with E-state index >= 15 is 0 Å². The monoisotopic (exact) mass is 257 g/mol.